The SMILES string of the molecule is Cn1cc(C(=O)NC(c2cccnc2)C2CCOCC2)c(-c2cccs2)cc1=O. The normalized spacial score (nSPS) is 15.8. The highest BCUT2D eigenvalue weighted by molar-refractivity contribution is 7.13. The van der Waals surface area contributed by atoms with Gasteiger partial charge in [0.1, 0.15) is 0 Å². The molecule has 1 atom stereocenters. The van der Waals surface area contributed by atoms with E-state index in [-0.39, 0.29) is 23.4 Å². The van der Waals surface area contributed by atoms with Gasteiger partial charge in [-0.3, -0.25) is 14.6 Å². The Morgan fingerprint density at radius 3 is 2.83 bits per heavy atom. The third-order valence-electron chi connectivity index (χ3n) is 5.33. The van der Waals surface area contributed by atoms with Crippen LogP contribution in [0.4, 0.5) is 0 Å². The Balaban J connectivity index is 1.69. The van der Waals surface area contributed by atoms with Crippen molar-refractivity contribution in [1.82, 2.24) is 14.9 Å². The van der Waals surface area contributed by atoms with Crippen LogP contribution in [0.25, 0.3) is 10.4 Å². The number of nitrogens with zero attached hydrogens (tertiary/aromatic N) is 2. The van der Waals surface area contributed by atoms with Crippen molar-refractivity contribution in [3.63, 3.8) is 0 Å². The number of hydrogen-bond acceptors (Lipinski definition) is 5. The van der Waals surface area contributed by atoms with E-state index in [0.29, 0.717) is 24.3 Å². The number of carbonyl (C=O) groups excluding carboxylic acids is 1. The molecule has 4 heterocycles. The van der Waals surface area contributed by atoms with Gasteiger partial charge in [0.05, 0.1) is 11.6 Å². The first-order chi connectivity index (χ1) is 14.1. The van der Waals surface area contributed by atoms with Crippen molar-refractivity contribution in [3.8, 4) is 10.4 Å². The zero-order valence-corrected chi connectivity index (χ0v) is 17.0. The molecule has 1 unspecified atom stereocenters. The molecule has 0 saturated carbocycles. The zero-order valence-electron chi connectivity index (χ0n) is 16.2. The van der Waals surface area contributed by atoms with Gasteiger partial charge in [-0.25, -0.2) is 0 Å². The number of amides is 1. The average molecular weight is 410 g/mol. The minimum Gasteiger partial charge on any atom is -0.381 e. The summed E-state index contributed by atoms with van der Waals surface area (Å²) in [4.78, 5) is 30.7. The van der Waals surface area contributed by atoms with Crippen molar-refractivity contribution in [2.45, 2.75) is 18.9 Å². The van der Waals surface area contributed by atoms with E-state index in [1.54, 1.807) is 25.6 Å². The fourth-order valence-corrected chi connectivity index (χ4v) is 4.50. The molecule has 3 aromatic rings. The van der Waals surface area contributed by atoms with E-state index in [2.05, 4.69) is 10.3 Å². The summed E-state index contributed by atoms with van der Waals surface area (Å²) in [5.74, 6) is 0.0824. The predicted molar refractivity (Wildman–Crippen MR) is 113 cm³/mol. The first kappa shape index (κ1) is 19.5. The van der Waals surface area contributed by atoms with Gasteiger partial charge in [-0.15, -0.1) is 11.3 Å². The van der Waals surface area contributed by atoms with Gasteiger partial charge in [-0.2, -0.15) is 0 Å². The second-order valence-corrected chi connectivity index (χ2v) is 8.16. The van der Waals surface area contributed by atoms with Crippen molar-refractivity contribution in [2.75, 3.05) is 13.2 Å². The molecule has 0 radical (unpaired) electrons. The maximum Gasteiger partial charge on any atom is 0.253 e. The predicted octanol–water partition coefficient (Wildman–Crippen LogP) is 3.41. The Morgan fingerprint density at radius 1 is 1.31 bits per heavy atom. The molecule has 1 aliphatic heterocycles. The van der Waals surface area contributed by atoms with E-state index in [9.17, 15) is 9.59 Å². The van der Waals surface area contributed by atoms with E-state index in [1.807, 2.05) is 29.6 Å². The number of aromatic nitrogens is 2. The molecule has 150 valence electrons. The molecule has 0 bridgehead atoms. The number of rotatable bonds is 5. The number of ether oxygens (including phenoxy) is 1. The van der Waals surface area contributed by atoms with E-state index in [4.69, 9.17) is 4.74 Å². The van der Waals surface area contributed by atoms with Crippen molar-refractivity contribution < 1.29 is 9.53 Å². The lowest BCUT2D eigenvalue weighted by molar-refractivity contribution is 0.0513. The zero-order chi connectivity index (χ0) is 20.2. The third kappa shape index (κ3) is 4.31. The average Bonchev–Trinajstić information content (AvgIpc) is 3.29. The van der Waals surface area contributed by atoms with E-state index in [1.165, 1.54) is 22.0 Å². The molecule has 0 aliphatic carbocycles. The lowest BCUT2D eigenvalue weighted by Crippen LogP contribution is -2.36. The van der Waals surface area contributed by atoms with Gasteiger partial charge >= 0.3 is 0 Å². The fourth-order valence-electron chi connectivity index (χ4n) is 3.75. The molecule has 1 aliphatic rings. The highest BCUT2D eigenvalue weighted by Gasteiger charge is 2.28. The molecular formula is C22H23N3O3S. The Bertz CT molecular complexity index is 1030. The van der Waals surface area contributed by atoms with Gasteiger partial charge < -0.3 is 14.6 Å². The van der Waals surface area contributed by atoms with Crippen LogP contribution in [-0.2, 0) is 11.8 Å². The summed E-state index contributed by atoms with van der Waals surface area (Å²) in [6.07, 6.45) is 6.92. The molecule has 3 aromatic heterocycles. The summed E-state index contributed by atoms with van der Waals surface area (Å²) in [5.41, 5.74) is 2.00. The number of hydrogen-bond donors (Lipinski definition) is 1. The van der Waals surface area contributed by atoms with Gasteiger partial charge in [-0.05, 0) is 41.8 Å². The second-order valence-electron chi connectivity index (χ2n) is 7.21. The van der Waals surface area contributed by atoms with Gasteiger partial charge in [0.25, 0.3) is 11.5 Å². The summed E-state index contributed by atoms with van der Waals surface area (Å²) in [6, 6.07) is 9.10. The molecule has 1 fully saturated rings. The Morgan fingerprint density at radius 2 is 2.14 bits per heavy atom. The Hall–Kier alpha value is -2.77. The third-order valence-corrected chi connectivity index (χ3v) is 6.23. The van der Waals surface area contributed by atoms with Gasteiger partial charge in [0.2, 0.25) is 0 Å². The van der Waals surface area contributed by atoms with Crippen molar-refractivity contribution in [2.24, 2.45) is 13.0 Å². The second kappa shape index (κ2) is 8.71. The summed E-state index contributed by atoms with van der Waals surface area (Å²) in [6.45, 7) is 1.38. The maximum absolute atomic E-state index is 13.4. The molecule has 7 heteroatoms. The molecule has 1 amide bonds. The lowest BCUT2D eigenvalue weighted by Gasteiger charge is -2.31. The number of carbonyl (C=O) groups is 1. The monoisotopic (exact) mass is 409 g/mol. The molecular weight excluding hydrogens is 386 g/mol. The van der Waals surface area contributed by atoms with Crippen LogP contribution in [0.1, 0.15) is 34.8 Å². The van der Waals surface area contributed by atoms with E-state index in [0.717, 1.165) is 23.3 Å². The van der Waals surface area contributed by atoms with Crippen LogP contribution in [-0.4, -0.2) is 28.7 Å². The Kier molecular flexibility index (Phi) is 5.87. The van der Waals surface area contributed by atoms with Gasteiger partial charge in [0.15, 0.2) is 0 Å². The topological polar surface area (TPSA) is 73.2 Å². The number of thiophene rings is 1. The molecule has 0 aromatic carbocycles. The summed E-state index contributed by atoms with van der Waals surface area (Å²) in [5, 5.41) is 5.16. The molecule has 1 N–H and O–H groups in total. The van der Waals surface area contributed by atoms with Crippen LogP contribution in [0.5, 0.6) is 0 Å². The van der Waals surface area contributed by atoms with Crippen LogP contribution < -0.4 is 10.9 Å². The number of nitrogens with one attached hydrogen (secondary N) is 1. The van der Waals surface area contributed by atoms with Gasteiger partial charge in [0, 0.05) is 55.4 Å². The first-order valence-corrected chi connectivity index (χ1v) is 10.5. The fraction of sp³-hybridized carbons (Fsp3) is 0.318. The maximum atomic E-state index is 13.4. The largest absolute Gasteiger partial charge is 0.381 e. The number of aryl methyl sites for hydroxylation is 1. The van der Waals surface area contributed by atoms with Crippen molar-refractivity contribution in [3.05, 3.63) is 75.8 Å². The molecule has 4 rings (SSSR count). The van der Waals surface area contributed by atoms with Crippen LogP contribution >= 0.6 is 11.3 Å². The minimum atomic E-state index is -0.190. The molecule has 0 spiro atoms. The Labute approximate surface area is 173 Å². The summed E-state index contributed by atoms with van der Waals surface area (Å²) in [7, 11) is 1.66. The molecule has 29 heavy (non-hydrogen) atoms. The minimum absolute atomic E-state index is 0.141. The summed E-state index contributed by atoms with van der Waals surface area (Å²) >= 11 is 1.51. The van der Waals surface area contributed by atoms with Gasteiger partial charge in [-0.1, -0.05) is 12.1 Å². The van der Waals surface area contributed by atoms with E-state index < -0.39 is 0 Å². The van der Waals surface area contributed by atoms with Crippen LogP contribution in [0, 0.1) is 5.92 Å². The highest BCUT2D eigenvalue weighted by Crippen LogP contribution is 2.31. The highest BCUT2D eigenvalue weighted by atomic mass is 32.1. The van der Waals surface area contributed by atoms with Crippen molar-refractivity contribution in [1.29, 1.82) is 0 Å². The smallest absolute Gasteiger partial charge is 0.253 e. The lowest BCUT2D eigenvalue weighted by atomic mass is 9.87. The summed E-state index contributed by atoms with van der Waals surface area (Å²) < 4.78 is 6.95. The first-order valence-electron chi connectivity index (χ1n) is 9.66. The quantitative estimate of drug-likeness (QED) is 0.701. The van der Waals surface area contributed by atoms with Crippen LogP contribution in [0.3, 0.4) is 0 Å². The van der Waals surface area contributed by atoms with Crippen molar-refractivity contribution >= 4 is 17.2 Å². The van der Waals surface area contributed by atoms with E-state index >= 15 is 0 Å². The number of pyridine rings is 2. The van der Waals surface area contributed by atoms with Crippen LogP contribution in [0.15, 0.2) is 59.1 Å². The standard InChI is InChI=1S/C22H23N3O3S/c1-25-14-18(17(12-20(25)26)19-5-3-11-29-19)22(27)24-21(15-6-9-28-10-7-15)16-4-2-8-23-13-16/h2-5,8,11-15,21H,6-7,9-10H2,1H3,(H,24,27). The van der Waals surface area contributed by atoms with Crippen LogP contribution in [0.2, 0.25) is 0 Å². The molecule has 1 saturated heterocycles. The molecule has 6 nitrogen and oxygen atoms in total.